The number of nitrogens with zero attached hydrogens (tertiary/aromatic N) is 4. The van der Waals surface area contributed by atoms with Crippen molar-refractivity contribution in [2.75, 3.05) is 57.3 Å². The Morgan fingerprint density at radius 1 is 1.16 bits per heavy atom. The topological polar surface area (TPSA) is 51.2 Å². The second-order valence-corrected chi connectivity index (χ2v) is 7.11. The van der Waals surface area contributed by atoms with Crippen molar-refractivity contribution in [2.24, 2.45) is 4.99 Å². The summed E-state index contributed by atoms with van der Waals surface area (Å²) in [5.74, 6) is 1.02. The van der Waals surface area contributed by atoms with Gasteiger partial charge in [0.1, 0.15) is 6.54 Å². The highest BCUT2D eigenvalue weighted by atomic mass is 127. The Bertz CT molecular complexity index is 551. The number of rotatable bonds is 4. The Labute approximate surface area is 171 Å². The first-order chi connectivity index (χ1) is 11.8. The molecule has 25 heavy (non-hydrogen) atoms. The largest absolute Gasteiger partial charge is 0.360 e. The number of anilines is 1. The van der Waals surface area contributed by atoms with Crippen LogP contribution in [-0.2, 0) is 4.79 Å². The Morgan fingerprint density at radius 3 is 2.48 bits per heavy atom. The number of guanidine groups is 1. The van der Waals surface area contributed by atoms with Crippen LogP contribution in [0.3, 0.4) is 0 Å². The summed E-state index contributed by atoms with van der Waals surface area (Å²) >= 11 is 1.79. The lowest BCUT2D eigenvalue weighted by Crippen LogP contribution is -2.52. The molecule has 0 radical (unpaired) electrons. The van der Waals surface area contributed by atoms with Crippen LogP contribution in [0.5, 0.6) is 0 Å². The van der Waals surface area contributed by atoms with E-state index in [0.29, 0.717) is 0 Å². The van der Waals surface area contributed by atoms with Gasteiger partial charge in [-0.05, 0) is 37.3 Å². The number of thiophene rings is 1. The van der Waals surface area contributed by atoms with Crippen molar-refractivity contribution in [3.8, 4) is 0 Å². The van der Waals surface area contributed by atoms with Gasteiger partial charge in [-0.2, -0.15) is 0 Å². The first kappa shape index (κ1) is 20.3. The van der Waals surface area contributed by atoms with Crippen LogP contribution >= 0.6 is 35.3 Å². The fraction of sp³-hybridized carbons (Fsp3) is 0.647. The number of likely N-dealkylation sites (tertiary alicyclic amines) is 1. The highest BCUT2D eigenvalue weighted by molar-refractivity contribution is 14.0. The fourth-order valence-corrected chi connectivity index (χ4v) is 4.01. The standard InChI is InChI=1S/C17H27N5OS.HI/c1-2-18-17(19-14-15(23)20-7-3-4-8-20)22-11-9-21(10-12-22)16-6-5-13-24-16;/h5-6,13H,2-4,7-12,14H2,1H3,(H,18,19);1H. The Balaban J connectivity index is 0.00000225. The molecule has 1 N–H and O–H groups in total. The highest BCUT2D eigenvalue weighted by Gasteiger charge is 2.21. The zero-order chi connectivity index (χ0) is 16.8. The molecule has 0 saturated carbocycles. The molecular weight excluding hydrogens is 449 g/mol. The van der Waals surface area contributed by atoms with Crippen molar-refractivity contribution in [3.05, 3.63) is 17.5 Å². The van der Waals surface area contributed by atoms with E-state index < -0.39 is 0 Å². The lowest BCUT2D eigenvalue weighted by atomic mass is 10.3. The average molecular weight is 477 g/mol. The molecule has 2 fully saturated rings. The van der Waals surface area contributed by atoms with Gasteiger partial charge in [-0.1, -0.05) is 0 Å². The van der Waals surface area contributed by atoms with Gasteiger partial charge < -0.3 is 20.0 Å². The third-order valence-electron chi connectivity index (χ3n) is 4.55. The summed E-state index contributed by atoms with van der Waals surface area (Å²) in [4.78, 5) is 23.4. The Hall–Kier alpha value is -1.03. The van der Waals surface area contributed by atoms with Crippen LogP contribution in [0.15, 0.2) is 22.5 Å². The Morgan fingerprint density at radius 2 is 1.88 bits per heavy atom. The minimum atomic E-state index is 0. The first-order valence-electron chi connectivity index (χ1n) is 8.87. The van der Waals surface area contributed by atoms with Crippen molar-refractivity contribution in [1.29, 1.82) is 0 Å². The van der Waals surface area contributed by atoms with Crippen molar-refractivity contribution >= 4 is 52.2 Å². The summed E-state index contributed by atoms with van der Waals surface area (Å²) in [6, 6.07) is 4.27. The number of halogens is 1. The molecule has 1 amide bonds. The van der Waals surface area contributed by atoms with E-state index in [0.717, 1.165) is 64.6 Å². The number of carbonyl (C=O) groups is 1. The lowest BCUT2D eigenvalue weighted by molar-refractivity contribution is -0.128. The molecule has 6 nitrogen and oxygen atoms in total. The van der Waals surface area contributed by atoms with Crippen molar-refractivity contribution in [2.45, 2.75) is 19.8 Å². The lowest BCUT2D eigenvalue weighted by Gasteiger charge is -2.37. The minimum Gasteiger partial charge on any atom is -0.360 e. The van der Waals surface area contributed by atoms with Gasteiger partial charge in [-0.3, -0.25) is 4.79 Å². The summed E-state index contributed by atoms with van der Waals surface area (Å²) in [5.41, 5.74) is 0. The molecule has 0 aliphatic carbocycles. The van der Waals surface area contributed by atoms with Gasteiger partial charge in [-0.15, -0.1) is 35.3 Å². The summed E-state index contributed by atoms with van der Waals surface area (Å²) in [7, 11) is 0. The van der Waals surface area contributed by atoms with Crippen LogP contribution < -0.4 is 10.2 Å². The summed E-state index contributed by atoms with van der Waals surface area (Å²) < 4.78 is 0. The molecular formula is C17H28IN5OS. The number of piperazine rings is 1. The number of carbonyl (C=O) groups excluding carboxylic acids is 1. The van der Waals surface area contributed by atoms with E-state index in [1.807, 2.05) is 4.90 Å². The van der Waals surface area contributed by atoms with E-state index in [4.69, 9.17) is 0 Å². The molecule has 3 heterocycles. The third-order valence-corrected chi connectivity index (χ3v) is 5.48. The molecule has 2 saturated heterocycles. The second kappa shape index (κ2) is 10.2. The molecule has 8 heteroatoms. The number of hydrogen-bond donors (Lipinski definition) is 1. The molecule has 0 unspecified atom stereocenters. The van der Waals surface area contributed by atoms with Crippen molar-refractivity contribution < 1.29 is 4.79 Å². The Kier molecular flexibility index (Phi) is 8.28. The van der Waals surface area contributed by atoms with E-state index in [-0.39, 0.29) is 36.4 Å². The average Bonchev–Trinajstić information content (AvgIpc) is 3.32. The van der Waals surface area contributed by atoms with Gasteiger partial charge in [0.25, 0.3) is 0 Å². The quantitative estimate of drug-likeness (QED) is 0.410. The SMILES string of the molecule is CCNC(=NCC(=O)N1CCCC1)N1CCN(c2cccs2)CC1.I. The highest BCUT2D eigenvalue weighted by Crippen LogP contribution is 2.22. The van der Waals surface area contributed by atoms with Crippen LogP contribution in [0.1, 0.15) is 19.8 Å². The van der Waals surface area contributed by atoms with Gasteiger partial charge in [0, 0.05) is 45.8 Å². The third kappa shape index (κ3) is 5.47. The minimum absolute atomic E-state index is 0. The predicted octanol–water partition coefficient (Wildman–Crippen LogP) is 2.08. The molecule has 0 aromatic carbocycles. The smallest absolute Gasteiger partial charge is 0.244 e. The van der Waals surface area contributed by atoms with Gasteiger partial charge in [0.05, 0.1) is 5.00 Å². The monoisotopic (exact) mass is 477 g/mol. The maximum atomic E-state index is 12.2. The summed E-state index contributed by atoms with van der Waals surface area (Å²) in [6.45, 7) is 8.78. The van der Waals surface area contributed by atoms with E-state index in [1.54, 1.807) is 11.3 Å². The fourth-order valence-electron chi connectivity index (χ4n) is 3.22. The molecule has 1 aromatic rings. The maximum absolute atomic E-state index is 12.2. The molecule has 0 atom stereocenters. The molecule has 140 valence electrons. The van der Waals surface area contributed by atoms with Crippen molar-refractivity contribution in [3.63, 3.8) is 0 Å². The van der Waals surface area contributed by atoms with Crippen LogP contribution in [0, 0.1) is 0 Å². The van der Waals surface area contributed by atoms with Gasteiger partial charge >= 0.3 is 0 Å². The van der Waals surface area contributed by atoms with E-state index in [1.165, 1.54) is 5.00 Å². The number of amides is 1. The van der Waals surface area contributed by atoms with Gasteiger partial charge in [0.2, 0.25) is 5.91 Å². The summed E-state index contributed by atoms with van der Waals surface area (Å²) in [6.07, 6.45) is 2.25. The van der Waals surface area contributed by atoms with E-state index in [9.17, 15) is 4.79 Å². The van der Waals surface area contributed by atoms with Crippen LogP contribution in [-0.4, -0.2) is 74.0 Å². The molecule has 1 aromatic heterocycles. The normalized spacial score (nSPS) is 18.3. The number of hydrogen-bond acceptors (Lipinski definition) is 4. The number of aliphatic imine (C=N–C) groups is 1. The predicted molar refractivity (Wildman–Crippen MR) is 115 cm³/mol. The van der Waals surface area contributed by atoms with Crippen LogP contribution in [0.25, 0.3) is 0 Å². The van der Waals surface area contributed by atoms with Gasteiger partial charge in [0.15, 0.2) is 5.96 Å². The molecule has 2 aliphatic heterocycles. The number of nitrogens with one attached hydrogen (secondary N) is 1. The van der Waals surface area contributed by atoms with E-state index in [2.05, 4.69) is 44.5 Å². The van der Waals surface area contributed by atoms with Crippen LogP contribution in [0.2, 0.25) is 0 Å². The zero-order valence-electron chi connectivity index (χ0n) is 14.8. The molecule has 0 spiro atoms. The first-order valence-corrected chi connectivity index (χ1v) is 9.75. The van der Waals surface area contributed by atoms with Crippen molar-refractivity contribution in [1.82, 2.24) is 15.1 Å². The summed E-state index contributed by atoms with van der Waals surface area (Å²) in [5, 5.41) is 6.79. The van der Waals surface area contributed by atoms with Gasteiger partial charge in [-0.25, -0.2) is 4.99 Å². The molecule has 2 aliphatic rings. The van der Waals surface area contributed by atoms with E-state index >= 15 is 0 Å². The molecule has 3 rings (SSSR count). The second-order valence-electron chi connectivity index (χ2n) is 6.18. The molecule has 0 bridgehead atoms. The maximum Gasteiger partial charge on any atom is 0.244 e. The van der Waals surface area contributed by atoms with Crippen LogP contribution in [0.4, 0.5) is 5.00 Å². The zero-order valence-corrected chi connectivity index (χ0v) is 18.0.